The summed E-state index contributed by atoms with van der Waals surface area (Å²) >= 11 is 5.91. The number of hydrogen-bond donors (Lipinski definition) is 0. The number of morpholine rings is 1. The molecule has 3 unspecified atom stereocenters. The highest BCUT2D eigenvalue weighted by atomic mass is 35.5. The minimum Gasteiger partial charge on any atom is -0.377 e. The van der Waals surface area contributed by atoms with Crippen LogP contribution >= 0.6 is 11.6 Å². The molecule has 3 atom stereocenters. The van der Waals surface area contributed by atoms with Gasteiger partial charge in [-0.1, -0.05) is 6.92 Å². The molecule has 0 bridgehead atoms. The lowest BCUT2D eigenvalue weighted by Crippen LogP contribution is -2.56. The SMILES string of the molecule is CCC1OCCC1C(=O)N1CC(CCl)OC(C)(C)C1. The second kappa shape index (κ2) is 5.98. The van der Waals surface area contributed by atoms with Crippen LogP contribution < -0.4 is 0 Å². The molecule has 0 aromatic carbocycles. The number of halogens is 1. The summed E-state index contributed by atoms with van der Waals surface area (Å²) in [5, 5.41) is 0. The van der Waals surface area contributed by atoms with E-state index in [2.05, 4.69) is 6.92 Å². The molecule has 110 valence electrons. The maximum Gasteiger partial charge on any atom is 0.228 e. The summed E-state index contributed by atoms with van der Waals surface area (Å²) in [6, 6.07) is 0. The van der Waals surface area contributed by atoms with E-state index in [4.69, 9.17) is 21.1 Å². The van der Waals surface area contributed by atoms with Crippen molar-refractivity contribution >= 4 is 17.5 Å². The smallest absolute Gasteiger partial charge is 0.228 e. The van der Waals surface area contributed by atoms with Gasteiger partial charge in [0.15, 0.2) is 0 Å². The van der Waals surface area contributed by atoms with Gasteiger partial charge >= 0.3 is 0 Å². The number of hydrogen-bond acceptors (Lipinski definition) is 3. The summed E-state index contributed by atoms with van der Waals surface area (Å²) in [4.78, 5) is 14.6. The van der Waals surface area contributed by atoms with Gasteiger partial charge in [-0.05, 0) is 26.7 Å². The Kier molecular flexibility index (Phi) is 4.75. The fourth-order valence-corrected chi connectivity index (χ4v) is 3.27. The van der Waals surface area contributed by atoms with E-state index in [0.29, 0.717) is 25.6 Å². The molecule has 2 heterocycles. The average molecular weight is 290 g/mol. The Balaban J connectivity index is 2.05. The number of carbonyl (C=O) groups is 1. The third kappa shape index (κ3) is 3.41. The van der Waals surface area contributed by atoms with Crippen molar-refractivity contribution < 1.29 is 14.3 Å². The van der Waals surface area contributed by atoms with Gasteiger partial charge in [0.05, 0.1) is 29.6 Å². The molecule has 2 fully saturated rings. The number of rotatable bonds is 3. The average Bonchev–Trinajstić information content (AvgIpc) is 2.84. The van der Waals surface area contributed by atoms with Crippen molar-refractivity contribution in [2.75, 3.05) is 25.6 Å². The molecule has 5 heteroatoms. The van der Waals surface area contributed by atoms with Crippen molar-refractivity contribution in [2.45, 2.75) is 51.4 Å². The van der Waals surface area contributed by atoms with Crippen LogP contribution in [0.25, 0.3) is 0 Å². The Labute approximate surface area is 120 Å². The van der Waals surface area contributed by atoms with E-state index in [-0.39, 0.29) is 29.6 Å². The number of carbonyl (C=O) groups excluding carboxylic acids is 1. The predicted molar refractivity (Wildman–Crippen MR) is 74.4 cm³/mol. The molecule has 2 aliphatic rings. The maximum atomic E-state index is 12.7. The molecule has 0 radical (unpaired) electrons. The molecule has 0 aromatic heterocycles. The minimum atomic E-state index is -0.325. The molecule has 1 amide bonds. The number of ether oxygens (including phenoxy) is 2. The van der Waals surface area contributed by atoms with E-state index in [1.807, 2.05) is 18.7 Å². The third-order valence-corrected chi connectivity index (χ3v) is 4.24. The molecule has 0 aromatic rings. The third-order valence-electron chi connectivity index (χ3n) is 3.89. The zero-order chi connectivity index (χ0) is 14.0. The van der Waals surface area contributed by atoms with Gasteiger partial charge < -0.3 is 14.4 Å². The fraction of sp³-hybridized carbons (Fsp3) is 0.929. The Bertz CT molecular complexity index is 335. The lowest BCUT2D eigenvalue weighted by Gasteiger charge is -2.43. The second-order valence-electron chi connectivity index (χ2n) is 6.09. The van der Waals surface area contributed by atoms with E-state index < -0.39 is 0 Å². The van der Waals surface area contributed by atoms with Crippen LogP contribution in [-0.4, -0.2) is 54.2 Å². The van der Waals surface area contributed by atoms with E-state index in [1.54, 1.807) is 0 Å². The molecule has 0 spiro atoms. The molecule has 2 saturated heterocycles. The van der Waals surface area contributed by atoms with Gasteiger partial charge in [0.1, 0.15) is 0 Å². The highest BCUT2D eigenvalue weighted by Gasteiger charge is 2.41. The standard InChI is InChI=1S/C14H24ClNO3/c1-4-12-11(5-6-18-12)13(17)16-8-10(7-15)19-14(2,3)9-16/h10-12H,4-9H2,1-3H3. The van der Waals surface area contributed by atoms with Crippen LogP contribution in [0, 0.1) is 5.92 Å². The summed E-state index contributed by atoms with van der Waals surface area (Å²) in [6.07, 6.45) is 1.73. The Morgan fingerprint density at radius 3 is 2.84 bits per heavy atom. The summed E-state index contributed by atoms with van der Waals surface area (Å²) in [5.74, 6) is 0.636. The van der Waals surface area contributed by atoms with E-state index in [9.17, 15) is 4.79 Å². The lowest BCUT2D eigenvalue weighted by atomic mass is 9.96. The topological polar surface area (TPSA) is 38.8 Å². The largest absolute Gasteiger partial charge is 0.377 e. The van der Waals surface area contributed by atoms with Crippen molar-refractivity contribution in [1.82, 2.24) is 4.90 Å². The van der Waals surface area contributed by atoms with Crippen molar-refractivity contribution in [2.24, 2.45) is 5.92 Å². The van der Waals surface area contributed by atoms with Gasteiger partial charge in [0, 0.05) is 19.7 Å². The normalized spacial score (nSPS) is 34.5. The summed E-state index contributed by atoms with van der Waals surface area (Å²) in [5.41, 5.74) is -0.325. The van der Waals surface area contributed by atoms with Crippen molar-refractivity contribution in [3.05, 3.63) is 0 Å². The number of amides is 1. The number of nitrogens with zero attached hydrogens (tertiary/aromatic N) is 1. The van der Waals surface area contributed by atoms with Gasteiger partial charge in [0.25, 0.3) is 0 Å². The van der Waals surface area contributed by atoms with Crippen LogP contribution in [0.1, 0.15) is 33.6 Å². The van der Waals surface area contributed by atoms with E-state index in [0.717, 1.165) is 12.8 Å². The van der Waals surface area contributed by atoms with Crippen LogP contribution in [0.15, 0.2) is 0 Å². The Hall–Kier alpha value is -0.320. The first-order valence-corrected chi connectivity index (χ1v) is 7.64. The second-order valence-corrected chi connectivity index (χ2v) is 6.39. The highest BCUT2D eigenvalue weighted by Crippen LogP contribution is 2.29. The lowest BCUT2D eigenvalue weighted by molar-refractivity contribution is -0.162. The first-order chi connectivity index (χ1) is 8.96. The molecule has 0 N–H and O–H groups in total. The van der Waals surface area contributed by atoms with Crippen LogP contribution in [-0.2, 0) is 14.3 Å². The van der Waals surface area contributed by atoms with Crippen LogP contribution in [0.4, 0.5) is 0 Å². The molecular formula is C14H24ClNO3. The Morgan fingerprint density at radius 2 is 2.21 bits per heavy atom. The quantitative estimate of drug-likeness (QED) is 0.747. The van der Waals surface area contributed by atoms with Crippen molar-refractivity contribution in [1.29, 1.82) is 0 Å². The van der Waals surface area contributed by atoms with E-state index >= 15 is 0 Å². The predicted octanol–water partition coefficient (Wildman–Crippen LogP) is 2.05. The van der Waals surface area contributed by atoms with Crippen LogP contribution in [0.5, 0.6) is 0 Å². The van der Waals surface area contributed by atoms with Crippen LogP contribution in [0.2, 0.25) is 0 Å². The number of alkyl halides is 1. The highest BCUT2D eigenvalue weighted by molar-refractivity contribution is 6.18. The van der Waals surface area contributed by atoms with Crippen LogP contribution in [0.3, 0.4) is 0 Å². The molecule has 0 saturated carbocycles. The first kappa shape index (κ1) is 15.1. The molecule has 0 aliphatic carbocycles. The molecule has 4 nitrogen and oxygen atoms in total. The molecular weight excluding hydrogens is 266 g/mol. The summed E-state index contributed by atoms with van der Waals surface area (Å²) in [6.45, 7) is 8.01. The van der Waals surface area contributed by atoms with Crippen molar-refractivity contribution in [3.8, 4) is 0 Å². The molecule has 19 heavy (non-hydrogen) atoms. The van der Waals surface area contributed by atoms with E-state index in [1.165, 1.54) is 0 Å². The first-order valence-electron chi connectivity index (χ1n) is 7.11. The zero-order valence-corrected chi connectivity index (χ0v) is 12.8. The summed E-state index contributed by atoms with van der Waals surface area (Å²) < 4.78 is 11.5. The fourth-order valence-electron chi connectivity index (χ4n) is 3.11. The van der Waals surface area contributed by atoms with Crippen molar-refractivity contribution in [3.63, 3.8) is 0 Å². The minimum absolute atomic E-state index is 0.00914. The molecule has 2 aliphatic heterocycles. The monoisotopic (exact) mass is 289 g/mol. The van der Waals surface area contributed by atoms with Gasteiger partial charge in [-0.25, -0.2) is 0 Å². The van der Waals surface area contributed by atoms with Gasteiger partial charge in [0.2, 0.25) is 5.91 Å². The van der Waals surface area contributed by atoms with Gasteiger partial charge in [-0.2, -0.15) is 0 Å². The zero-order valence-electron chi connectivity index (χ0n) is 12.0. The molecule has 2 rings (SSSR count). The Morgan fingerprint density at radius 1 is 1.47 bits per heavy atom. The maximum absolute atomic E-state index is 12.7. The summed E-state index contributed by atoms with van der Waals surface area (Å²) in [7, 11) is 0. The van der Waals surface area contributed by atoms with Gasteiger partial charge in [-0.3, -0.25) is 4.79 Å². The van der Waals surface area contributed by atoms with Gasteiger partial charge in [-0.15, -0.1) is 11.6 Å².